The van der Waals surface area contributed by atoms with Gasteiger partial charge in [0.2, 0.25) is 0 Å². The molecule has 1 saturated heterocycles. The molecule has 15 heavy (non-hydrogen) atoms. The first-order chi connectivity index (χ1) is 7.34. The summed E-state index contributed by atoms with van der Waals surface area (Å²) in [5.41, 5.74) is 0.880. The molecule has 0 bridgehead atoms. The van der Waals surface area contributed by atoms with Gasteiger partial charge in [0.1, 0.15) is 5.82 Å². The Kier molecular flexibility index (Phi) is 3.64. The largest absolute Gasteiger partial charge is 0.376 e. The van der Waals surface area contributed by atoms with Crippen LogP contribution in [0.5, 0.6) is 0 Å². The van der Waals surface area contributed by atoms with Crippen LogP contribution < -0.4 is 5.32 Å². The summed E-state index contributed by atoms with van der Waals surface area (Å²) in [5.74, 6) is -0.293. The molecule has 0 aromatic carbocycles. The van der Waals surface area contributed by atoms with E-state index in [9.17, 15) is 4.39 Å². The molecule has 1 N–H and O–H groups in total. The van der Waals surface area contributed by atoms with Crippen molar-refractivity contribution < 1.29 is 9.13 Å². The first-order valence-corrected chi connectivity index (χ1v) is 5.27. The Balaban J connectivity index is 1.92. The molecule has 2 heterocycles. The minimum Gasteiger partial charge on any atom is -0.376 e. The fourth-order valence-corrected chi connectivity index (χ4v) is 1.66. The molecule has 3 nitrogen and oxygen atoms in total. The highest BCUT2D eigenvalue weighted by Crippen LogP contribution is 2.06. The lowest BCUT2D eigenvalue weighted by Gasteiger charge is -2.14. The molecular formula is C11H15FN2O. The van der Waals surface area contributed by atoms with Gasteiger partial charge in [0.15, 0.2) is 0 Å². The maximum atomic E-state index is 12.6. The highest BCUT2D eigenvalue weighted by Gasteiger charge is 2.13. The zero-order chi connectivity index (χ0) is 10.5. The minimum atomic E-state index is -0.293. The van der Waals surface area contributed by atoms with Crippen LogP contribution in [0.25, 0.3) is 0 Å². The van der Waals surface area contributed by atoms with E-state index >= 15 is 0 Å². The van der Waals surface area contributed by atoms with Crippen molar-refractivity contribution in [1.82, 2.24) is 10.3 Å². The van der Waals surface area contributed by atoms with Gasteiger partial charge >= 0.3 is 0 Å². The second-order valence-corrected chi connectivity index (χ2v) is 3.72. The van der Waals surface area contributed by atoms with Crippen molar-refractivity contribution >= 4 is 0 Å². The summed E-state index contributed by atoms with van der Waals surface area (Å²) in [4.78, 5) is 4.02. The van der Waals surface area contributed by atoms with E-state index in [1.807, 2.05) is 0 Å². The van der Waals surface area contributed by atoms with Gasteiger partial charge in [0, 0.05) is 25.3 Å². The summed E-state index contributed by atoms with van der Waals surface area (Å²) in [7, 11) is 0. The molecule has 1 aliphatic heterocycles. The average molecular weight is 210 g/mol. The maximum absolute atomic E-state index is 12.6. The Morgan fingerprint density at radius 1 is 1.53 bits per heavy atom. The maximum Gasteiger partial charge on any atom is 0.141 e. The van der Waals surface area contributed by atoms with E-state index < -0.39 is 0 Å². The molecular weight excluding hydrogens is 195 g/mol. The molecule has 1 fully saturated rings. The Bertz CT molecular complexity index is 294. The van der Waals surface area contributed by atoms with E-state index in [2.05, 4.69) is 10.3 Å². The highest BCUT2D eigenvalue weighted by molar-refractivity contribution is 5.06. The van der Waals surface area contributed by atoms with Crippen LogP contribution in [0.1, 0.15) is 12.1 Å². The summed E-state index contributed by atoms with van der Waals surface area (Å²) in [5, 5.41) is 3.30. The zero-order valence-electron chi connectivity index (χ0n) is 8.58. The van der Waals surface area contributed by atoms with Crippen LogP contribution in [0, 0.1) is 5.82 Å². The van der Waals surface area contributed by atoms with Gasteiger partial charge in [-0.05, 0) is 25.1 Å². The zero-order valence-corrected chi connectivity index (χ0v) is 8.58. The van der Waals surface area contributed by atoms with Crippen LogP contribution in [0.2, 0.25) is 0 Å². The van der Waals surface area contributed by atoms with Gasteiger partial charge in [-0.25, -0.2) is 4.39 Å². The fraction of sp³-hybridized carbons (Fsp3) is 0.545. The predicted molar refractivity (Wildman–Crippen MR) is 55.1 cm³/mol. The summed E-state index contributed by atoms with van der Waals surface area (Å²) in [6.07, 6.45) is 3.20. The molecule has 4 heteroatoms. The molecule has 1 aliphatic rings. The lowest BCUT2D eigenvalue weighted by molar-refractivity contribution is 0.0669. The van der Waals surface area contributed by atoms with Gasteiger partial charge in [0.25, 0.3) is 0 Å². The summed E-state index contributed by atoms with van der Waals surface area (Å²) in [6.45, 7) is 2.64. The Morgan fingerprint density at radius 2 is 2.47 bits per heavy atom. The topological polar surface area (TPSA) is 34.1 Å². The Hall–Kier alpha value is -1.00. The molecule has 1 unspecified atom stereocenters. The standard InChI is InChI=1S/C11H15FN2O/c12-9-2-3-10(14-7-9)6-11-8-13-4-1-5-15-11/h2-3,7,11,13H,1,4-6,8H2. The van der Waals surface area contributed by atoms with Gasteiger partial charge < -0.3 is 10.1 Å². The molecule has 1 atom stereocenters. The van der Waals surface area contributed by atoms with Crippen LogP contribution in [-0.2, 0) is 11.2 Å². The van der Waals surface area contributed by atoms with Crippen molar-refractivity contribution in [3.63, 3.8) is 0 Å². The first kappa shape index (κ1) is 10.5. The number of hydrogen-bond acceptors (Lipinski definition) is 3. The smallest absolute Gasteiger partial charge is 0.141 e. The van der Waals surface area contributed by atoms with E-state index in [1.54, 1.807) is 6.07 Å². The van der Waals surface area contributed by atoms with E-state index in [1.165, 1.54) is 12.3 Å². The third kappa shape index (κ3) is 3.25. The summed E-state index contributed by atoms with van der Waals surface area (Å²) < 4.78 is 18.3. The molecule has 82 valence electrons. The second-order valence-electron chi connectivity index (χ2n) is 3.72. The van der Waals surface area contributed by atoms with Crippen LogP contribution in [0.4, 0.5) is 4.39 Å². The van der Waals surface area contributed by atoms with Crippen molar-refractivity contribution in [2.75, 3.05) is 19.7 Å². The molecule has 2 rings (SSSR count). The molecule has 0 amide bonds. The Labute approximate surface area is 88.7 Å². The lowest BCUT2D eigenvalue weighted by atomic mass is 10.2. The van der Waals surface area contributed by atoms with Crippen molar-refractivity contribution in [1.29, 1.82) is 0 Å². The number of nitrogens with zero attached hydrogens (tertiary/aromatic N) is 1. The van der Waals surface area contributed by atoms with Crippen molar-refractivity contribution in [3.05, 3.63) is 29.8 Å². The third-order valence-corrected chi connectivity index (χ3v) is 2.45. The summed E-state index contributed by atoms with van der Waals surface area (Å²) >= 11 is 0. The van der Waals surface area contributed by atoms with Crippen molar-refractivity contribution in [2.45, 2.75) is 18.9 Å². The van der Waals surface area contributed by atoms with Gasteiger partial charge in [-0.1, -0.05) is 0 Å². The number of hydrogen-bond donors (Lipinski definition) is 1. The van der Waals surface area contributed by atoms with Crippen molar-refractivity contribution in [2.24, 2.45) is 0 Å². The van der Waals surface area contributed by atoms with E-state index in [-0.39, 0.29) is 11.9 Å². The lowest BCUT2D eigenvalue weighted by Crippen LogP contribution is -2.28. The molecule has 1 aromatic heterocycles. The fourth-order valence-electron chi connectivity index (χ4n) is 1.66. The number of rotatable bonds is 2. The normalized spacial score (nSPS) is 22.3. The number of pyridine rings is 1. The van der Waals surface area contributed by atoms with Gasteiger partial charge in [0.05, 0.1) is 12.3 Å². The number of halogens is 1. The average Bonchev–Trinajstić information content (AvgIpc) is 2.50. The minimum absolute atomic E-state index is 0.158. The van der Waals surface area contributed by atoms with Crippen LogP contribution in [-0.4, -0.2) is 30.8 Å². The molecule has 0 spiro atoms. The van der Waals surface area contributed by atoms with Crippen molar-refractivity contribution in [3.8, 4) is 0 Å². The molecule has 0 saturated carbocycles. The third-order valence-electron chi connectivity index (χ3n) is 2.45. The Morgan fingerprint density at radius 3 is 3.27 bits per heavy atom. The monoisotopic (exact) mass is 210 g/mol. The van der Waals surface area contributed by atoms with Gasteiger partial charge in [-0.15, -0.1) is 0 Å². The summed E-state index contributed by atoms with van der Waals surface area (Å²) in [6, 6.07) is 3.15. The van der Waals surface area contributed by atoms with E-state index in [0.29, 0.717) is 0 Å². The van der Waals surface area contributed by atoms with Crippen LogP contribution in [0.15, 0.2) is 18.3 Å². The number of nitrogens with one attached hydrogen (secondary N) is 1. The second kappa shape index (κ2) is 5.19. The highest BCUT2D eigenvalue weighted by atomic mass is 19.1. The van der Waals surface area contributed by atoms with Gasteiger partial charge in [-0.3, -0.25) is 4.98 Å². The van der Waals surface area contributed by atoms with E-state index in [0.717, 1.165) is 38.2 Å². The van der Waals surface area contributed by atoms with Crippen LogP contribution in [0.3, 0.4) is 0 Å². The SMILES string of the molecule is Fc1ccc(CC2CNCCCO2)nc1. The number of aromatic nitrogens is 1. The van der Waals surface area contributed by atoms with Gasteiger partial charge in [-0.2, -0.15) is 0 Å². The van der Waals surface area contributed by atoms with E-state index in [4.69, 9.17) is 4.74 Å². The van der Waals surface area contributed by atoms with Crippen LogP contribution >= 0.6 is 0 Å². The molecule has 1 aromatic rings. The predicted octanol–water partition coefficient (Wildman–Crippen LogP) is 1.14. The number of ether oxygens (including phenoxy) is 1. The quantitative estimate of drug-likeness (QED) is 0.795. The molecule has 0 radical (unpaired) electrons. The first-order valence-electron chi connectivity index (χ1n) is 5.27. The molecule has 0 aliphatic carbocycles.